The Bertz CT molecular complexity index is 1300. The van der Waals surface area contributed by atoms with E-state index in [1.165, 1.54) is 38.6 Å². The molecule has 0 fully saturated rings. The second-order valence-electron chi connectivity index (χ2n) is 10.6. The van der Waals surface area contributed by atoms with Crippen molar-refractivity contribution in [3.05, 3.63) is 110 Å². The summed E-state index contributed by atoms with van der Waals surface area (Å²) in [6.45, 7) is 18.8. The van der Waals surface area contributed by atoms with E-state index in [9.17, 15) is 0 Å². The zero-order valence-corrected chi connectivity index (χ0v) is 28.7. The Morgan fingerprint density at radius 1 is 0.684 bits per heavy atom. The predicted octanol–water partition coefficient (Wildman–Crippen LogP) is -2.16. The van der Waals surface area contributed by atoms with E-state index in [1.807, 2.05) is 0 Å². The summed E-state index contributed by atoms with van der Waals surface area (Å²) >= 11 is 2.41. The Morgan fingerprint density at radius 2 is 1.24 bits per heavy atom. The Morgan fingerprint density at radius 3 is 1.68 bits per heavy atom. The minimum atomic E-state index is -2.60. The quantitative estimate of drug-likeness (QED) is 0.219. The van der Waals surface area contributed by atoms with Gasteiger partial charge in [0.25, 0.3) is 0 Å². The van der Waals surface area contributed by atoms with Crippen LogP contribution in [0.2, 0.25) is 5.04 Å². The summed E-state index contributed by atoms with van der Waals surface area (Å²) in [6, 6.07) is 26.3. The molecule has 1 aliphatic rings. The molecule has 4 rings (SSSR count). The third-order valence-corrected chi connectivity index (χ3v) is 16.4. The molecule has 0 aliphatic heterocycles. The first-order chi connectivity index (χ1) is 16.6. The van der Waals surface area contributed by atoms with Gasteiger partial charge in [-0.05, 0) is 0 Å². The van der Waals surface area contributed by atoms with Crippen LogP contribution in [0.15, 0.2) is 87.3 Å². The van der Waals surface area contributed by atoms with E-state index in [4.69, 9.17) is 0 Å². The number of benzene rings is 3. The summed E-state index contributed by atoms with van der Waals surface area (Å²) in [6.07, 6.45) is 2.12. The first-order valence-corrected chi connectivity index (χ1v) is 15.8. The predicted molar refractivity (Wildman–Crippen MR) is 152 cm³/mol. The number of rotatable bonds is 6. The largest absolute Gasteiger partial charge is 1.00 e. The zero-order valence-electron chi connectivity index (χ0n) is 23.9. The average molecular weight is 618 g/mol. The molecule has 0 amide bonds. The molecule has 1 aliphatic carbocycles. The SMILES string of the molecule is CCc1cc(CC)cc([Si](c2ccccc2)(c2ccc(C)cc2C)C2(C)C(C)=C(C)C(C)=[C]2[Ti+3])c1.[Cl-].[Cl-].[Cl-]. The van der Waals surface area contributed by atoms with Crippen LogP contribution < -0.4 is 52.8 Å². The normalized spacial score (nSPS) is 18.4. The fraction of sp³-hybridized carbons (Fsp3) is 0.333. The van der Waals surface area contributed by atoms with Gasteiger partial charge in [0, 0.05) is 0 Å². The molecule has 3 aromatic rings. The van der Waals surface area contributed by atoms with Crippen LogP contribution in [0.4, 0.5) is 0 Å². The molecule has 3 aromatic carbocycles. The molecule has 0 nitrogen and oxygen atoms in total. The molecule has 0 radical (unpaired) electrons. The van der Waals surface area contributed by atoms with E-state index in [0.717, 1.165) is 12.8 Å². The molecule has 0 saturated carbocycles. The summed E-state index contributed by atoms with van der Waals surface area (Å²) in [5.74, 6) is 0. The van der Waals surface area contributed by atoms with Crippen LogP contribution in [0.1, 0.15) is 63.8 Å². The second kappa shape index (κ2) is 13.5. The molecule has 0 N–H and O–H groups in total. The number of allylic oxidation sites excluding steroid dienone is 4. The maximum Gasteiger partial charge on any atom is -1.00 e. The number of hydrogen-bond acceptors (Lipinski definition) is 0. The third-order valence-electron chi connectivity index (χ3n) is 8.79. The van der Waals surface area contributed by atoms with Crippen LogP contribution in [0, 0.1) is 13.8 Å². The van der Waals surface area contributed by atoms with Crippen LogP contribution in [-0.2, 0) is 33.3 Å². The van der Waals surface area contributed by atoms with E-state index < -0.39 is 8.07 Å². The van der Waals surface area contributed by atoms with Gasteiger partial charge in [0.2, 0.25) is 0 Å². The van der Waals surface area contributed by atoms with Crippen molar-refractivity contribution in [2.45, 2.75) is 73.3 Å². The molecular formula is C33H39Cl3SiTi. The fourth-order valence-electron chi connectivity index (χ4n) is 6.51. The van der Waals surface area contributed by atoms with Crippen molar-refractivity contribution in [2.24, 2.45) is 0 Å². The molecule has 2 unspecified atom stereocenters. The van der Waals surface area contributed by atoms with E-state index in [1.54, 1.807) is 19.8 Å². The van der Waals surface area contributed by atoms with Crippen LogP contribution in [0.25, 0.3) is 0 Å². The Hall–Kier alpha value is -1.06. The second-order valence-corrected chi connectivity index (χ2v) is 15.5. The van der Waals surface area contributed by atoms with Crippen molar-refractivity contribution in [1.82, 2.24) is 0 Å². The molecule has 5 heteroatoms. The van der Waals surface area contributed by atoms with E-state index >= 15 is 0 Å². The van der Waals surface area contributed by atoms with E-state index in [2.05, 4.69) is 143 Å². The Labute approximate surface area is 262 Å². The van der Waals surface area contributed by atoms with Crippen molar-refractivity contribution in [2.75, 3.05) is 0 Å². The number of halogens is 3. The van der Waals surface area contributed by atoms with Crippen molar-refractivity contribution < 1.29 is 57.7 Å². The summed E-state index contributed by atoms with van der Waals surface area (Å²) in [4.78, 5) is 0. The van der Waals surface area contributed by atoms with E-state index in [-0.39, 0.29) is 42.3 Å². The minimum absolute atomic E-state index is 0. The topological polar surface area (TPSA) is 0 Å². The molecule has 0 spiro atoms. The summed E-state index contributed by atoms with van der Waals surface area (Å²) in [5, 5.41) is 4.55. The fourth-order valence-corrected chi connectivity index (χ4v) is 14.4. The molecule has 0 heterocycles. The number of hydrogen-bond donors (Lipinski definition) is 0. The van der Waals surface area contributed by atoms with Gasteiger partial charge in [-0.2, -0.15) is 0 Å². The summed E-state index contributed by atoms with van der Waals surface area (Å²) in [7, 11) is -2.60. The van der Waals surface area contributed by atoms with Crippen LogP contribution in [0.3, 0.4) is 0 Å². The molecule has 200 valence electrons. The average Bonchev–Trinajstić information content (AvgIpc) is 3.02. The van der Waals surface area contributed by atoms with Crippen molar-refractivity contribution in [3.63, 3.8) is 0 Å². The van der Waals surface area contributed by atoms with Crippen molar-refractivity contribution >= 4 is 23.6 Å². The molecule has 0 saturated heterocycles. The number of aryl methyl sites for hydroxylation is 4. The van der Waals surface area contributed by atoms with Crippen LogP contribution >= 0.6 is 0 Å². The standard InChI is InChI=1S/C33H39Si.3ClH.Ti/c1-9-28-19-29(10-2)21-31(20-28)34(30-14-12-11-13-15-30,32-17-16-23(3)18-24(32)4)33(8)22-25(5)26(6)27(33)7;;;;/h11-21H,9-10H2,1-8H3;3*1H;/q;;;;+3/p-3. The van der Waals surface area contributed by atoms with E-state index in [0.29, 0.717) is 0 Å². The molecule has 0 bridgehead atoms. The Kier molecular flexibility index (Phi) is 12.5. The molecule has 2 atom stereocenters. The first kappa shape index (κ1) is 35.0. The summed E-state index contributed by atoms with van der Waals surface area (Å²) in [5.41, 5.74) is 10.2. The summed E-state index contributed by atoms with van der Waals surface area (Å²) < 4.78 is 1.54. The third kappa shape index (κ3) is 5.33. The van der Waals surface area contributed by atoms with Gasteiger partial charge in [-0.1, -0.05) is 0 Å². The van der Waals surface area contributed by atoms with Crippen LogP contribution in [-0.4, -0.2) is 8.07 Å². The maximum absolute atomic E-state index is 2.60. The Balaban J connectivity index is 0.00000241. The van der Waals surface area contributed by atoms with Gasteiger partial charge in [-0.3, -0.25) is 0 Å². The van der Waals surface area contributed by atoms with Gasteiger partial charge in [0.05, 0.1) is 0 Å². The van der Waals surface area contributed by atoms with Crippen molar-refractivity contribution in [3.8, 4) is 0 Å². The van der Waals surface area contributed by atoms with Gasteiger partial charge in [-0.15, -0.1) is 0 Å². The van der Waals surface area contributed by atoms with Gasteiger partial charge in [0.15, 0.2) is 0 Å². The monoisotopic (exact) mass is 616 g/mol. The van der Waals surface area contributed by atoms with Gasteiger partial charge in [-0.25, -0.2) is 0 Å². The first-order valence-electron chi connectivity index (χ1n) is 13.0. The molecule has 0 aromatic heterocycles. The molecule has 38 heavy (non-hydrogen) atoms. The van der Waals surface area contributed by atoms with Crippen LogP contribution in [0.5, 0.6) is 0 Å². The zero-order chi connectivity index (χ0) is 25.5. The van der Waals surface area contributed by atoms with Gasteiger partial charge in [0.1, 0.15) is 0 Å². The minimum Gasteiger partial charge on any atom is -1.00 e. The van der Waals surface area contributed by atoms with Crippen molar-refractivity contribution in [1.29, 1.82) is 0 Å². The smallest absolute Gasteiger partial charge is 1.00 e. The maximum atomic E-state index is 2.57. The van der Waals surface area contributed by atoms with Gasteiger partial charge >= 0.3 is 227 Å². The molecular weight excluding hydrogens is 579 g/mol. The van der Waals surface area contributed by atoms with Gasteiger partial charge < -0.3 is 37.2 Å².